The fraction of sp³-hybridized carbons (Fsp3) is 0.375. The highest BCUT2D eigenvalue weighted by molar-refractivity contribution is 5.94. The monoisotopic (exact) mass is 291 g/mol. The van der Waals surface area contributed by atoms with Crippen LogP contribution >= 0.6 is 0 Å². The molecule has 21 heavy (non-hydrogen) atoms. The largest absolute Gasteiger partial charge is 0.490 e. The SMILES string of the molecule is CC(C)=CCOc1cccc(C(=O)NCC(C)C(=O)O)c1. The summed E-state index contributed by atoms with van der Waals surface area (Å²) in [6.45, 7) is 6.05. The summed E-state index contributed by atoms with van der Waals surface area (Å²) < 4.78 is 5.52. The molecule has 0 aliphatic carbocycles. The van der Waals surface area contributed by atoms with Gasteiger partial charge in [-0.25, -0.2) is 0 Å². The maximum atomic E-state index is 11.9. The minimum absolute atomic E-state index is 0.0943. The maximum Gasteiger partial charge on any atom is 0.308 e. The number of carbonyl (C=O) groups is 2. The quantitative estimate of drug-likeness (QED) is 0.757. The highest BCUT2D eigenvalue weighted by Gasteiger charge is 2.13. The van der Waals surface area contributed by atoms with Crippen molar-refractivity contribution in [2.24, 2.45) is 5.92 Å². The molecule has 0 bridgehead atoms. The summed E-state index contributed by atoms with van der Waals surface area (Å²) in [5.74, 6) is -1.26. The van der Waals surface area contributed by atoms with Crippen molar-refractivity contribution in [2.75, 3.05) is 13.2 Å². The van der Waals surface area contributed by atoms with Crippen LogP contribution in [0.2, 0.25) is 0 Å². The molecule has 1 atom stereocenters. The predicted molar refractivity (Wildman–Crippen MR) is 80.5 cm³/mol. The summed E-state index contributed by atoms with van der Waals surface area (Å²) in [6, 6.07) is 6.80. The third kappa shape index (κ3) is 6.12. The van der Waals surface area contributed by atoms with Gasteiger partial charge in [-0.3, -0.25) is 9.59 Å². The van der Waals surface area contributed by atoms with Crippen LogP contribution in [0.5, 0.6) is 5.75 Å². The van der Waals surface area contributed by atoms with Gasteiger partial charge in [0, 0.05) is 12.1 Å². The van der Waals surface area contributed by atoms with Crippen molar-refractivity contribution >= 4 is 11.9 Å². The number of nitrogens with one attached hydrogen (secondary N) is 1. The fourth-order valence-electron chi connectivity index (χ4n) is 1.47. The molecule has 0 aliphatic rings. The van der Waals surface area contributed by atoms with Gasteiger partial charge >= 0.3 is 5.97 Å². The van der Waals surface area contributed by atoms with Crippen LogP contribution in [-0.2, 0) is 4.79 Å². The van der Waals surface area contributed by atoms with E-state index in [0.717, 1.165) is 5.57 Å². The number of allylic oxidation sites excluding steroid dienone is 1. The van der Waals surface area contributed by atoms with Gasteiger partial charge in [0.15, 0.2) is 0 Å². The lowest BCUT2D eigenvalue weighted by Gasteiger charge is -2.09. The van der Waals surface area contributed by atoms with Crippen LogP contribution in [0.4, 0.5) is 0 Å². The molecule has 0 radical (unpaired) electrons. The van der Waals surface area contributed by atoms with Crippen LogP contribution in [0, 0.1) is 5.92 Å². The van der Waals surface area contributed by atoms with Gasteiger partial charge in [0.2, 0.25) is 0 Å². The van der Waals surface area contributed by atoms with E-state index >= 15 is 0 Å². The van der Waals surface area contributed by atoms with Gasteiger partial charge < -0.3 is 15.2 Å². The van der Waals surface area contributed by atoms with E-state index in [9.17, 15) is 9.59 Å². The van der Waals surface area contributed by atoms with Gasteiger partial charge in [-0.05, 0) is 38.1 Å². The zero-order valence-corrected chi connectivity index (χ0v) is 12.6. The van der Waals surface area contributed by atoms with Gasteiger partial charge in [-0.1, -0.05) is 18.6 Å². The number of rotatable bonds is 7. The van der Waals surface area contributed by atoms with E-state index in [4.69, 9.17) is 9.84 Å². The lowest BCUT2D eigenvalue weighted by molar-refractivity contribution is -0.140. The fourth-order valence-corrected chi connectivity index (χ4v) is 1.47. The number of hydrogen-bond acceptors (Lipinski definition) is 3. The first-order chi connectivity index (χ1) is 9.90. The van der Waals surface area contributed by atoms with Crippen LogP contribution in [0.1, 0.15) is 31.1 Å². The van der Waals surface area contributed by atoms with E-state index in [1.807, 2.05) is 19.9 Å². The Hall–Kier alpha value is -2.30. The van der Waals surface area contributed by atoms with E-state index in [1.165, 1.54) is 0 Å². The molecule has 114 valence electrons. The lowest BCUT2D eigenvalue weighted by Crippen LogP contribution is -2.31. The Labute approximate surface area is 124 Å². The second-order valence-corrected chi connectivity index (χ2v) is 5.07. The molecular weight excluding hydrogens is 270 g/mol. The third-order valence-electron chi connectivity index (χ3n) is 2.83. The van der Waals surface area contributed by atoms with E-state index in [0.29, 0.717) is 17.9 Å². The Morgan fingerprint density at radius 3 is 2.71 bits per heavy atom. The molecular formula is C16H21NO4. The maximum absolute atomic E-state index is 11.9. The molecule has 1 amide bonds. The molecule has 2 N–H and O–H groups in total. The van der Waals surface area contributed by atoms with E-state index < -0.39 is 11.9 Å². The zero-order valence-electron chi connectivity index (χ0n) is 12.6. The van der Waals surface area contributed by atoms with Gasteiger partial charge in [-0.15, -0.1) is 0 Å². The Kier molecular flexibility index (Phi) is 6.46. The number of carbonyl (C=O) groups excluding carboxylic acids is 1. The van der Waals surface area contributed by atoms with Crippen molar-refractivity contribution in [1.82, 2.24) is 5.32 Å². The highest BCUT2D eigenvalue weighted by Crippen LogP contribution is 2.13. The number of carboxylic acid groups (broad SMARTS) is 1. The molecule has 1 aromatic rings. The van der Waals surface area contributed by atoms with Gasteiger partial charge in [0.25, 0.3) is 5.91 Å². The zero-order chi connectivity index (χ0) is 15.8. The molecule has 0 fully saturated rings. The second kappa shape index (κ2) is 8.09. The average Bonchev–Trinajstić information content (AvgIpc) is 2.44. The number of hydrogen-bond donors (Lipinski definition) is 2. The first kappa shape index (κ1) is 16.8. The smallest absolute Gasteiger partial charge is 0.308 e. The van der Waals surface area contributed by atoms with Crippen molar-refractivity contribution in [2.45, 2.75) is 20.8 Å². The normalized spacial score (nSPS) is 11.4. The van der Waals surface area contributed by atoms with Crippen LogP contribution < -0.4 is 10.1 Å². The summed E-state index contributed by atoms with van der Waals surface area (Å²) in [5.41, 5.74) is 1.61. The molecule has 0 saturated carbocycles. The Balaban J connectivity index is 2.60. The summed E-state index contributed by atoms with van der Waals surface area (Å²) in [5, 5.41) is 11.4. The van der Waals surface area contributed by atoms with Gasteiger partial charge in [0.05, 0.1) is 5.92 Å². The van der Waals surface area contributed by atoms with Crippen LogP contribution in [0.3, 0.4) is 0 Å². The lowest BCUT2D eigenvalue weighted by atomic mass is 10.1. The summed E-state index contributed by atoms with van der Waals surface area (Å²) in [7, 11) is 0. The van der Waals surface area contributed by atoms with Crippen LogP contribution in [0.25, 0.3) is 0 Å². The van der Waals surface area contributed by atoms with Crippen molar-refractivity contribution in [3.63, 3.8) is 0 Å². The first-order valence-corrected chi connectivity index (χ1v) is 6.77. The minimum Gasteiger partial charge on any atom is -0.490 e. The van der Waals surface area contributed by atoms with Crippen molar-refractivity contribution in [3.8, 4) is 5.75 Å². The Morgan fingerprint density at radius 2 is 2.10 bits per heavy atom. The summed E-state index contributed by atoms with van der Waals surface area (Å²) in [6.07, 6.45) is 1.95. The molecule has 1 unspecified atom stereocenters. The molecule has 0 aliphatic heterocycles. The third-order valence-corrected chi connectivity index (χ3v) is 2.83. The highest BCUT2D eigenvalue weighted by atomic mass is 16.5. The Bertz CT molecular complexity index is 533. The molecule has 5 nitrogen and oxygen atoms in total. The van der Waals surface area contributed by atoms with Crippen LogP contribution in [0.15, 0.2) is 35.9 Å². The van der Waals surface area contributed by atoms with E-state index in [1.54, 1.807) is 31.2 Å². The van der Waals surface area contributed by atoms with Crippen molar-refractivity contribution < 1.29 is 19.4 Å². The topological polar surface area (TPSA) is 75.6 Å². The number of ether oxygens (including phenoxy) is 1. The minimum atomic E-state index is -0.936. The molecule has 0 aromatic heterocycles. The average molecular weight is 291 g/mol. The molecule has 0 saturated heterocycles. The molecule has 5 heteroatoms. The van der Waals surface area contributed by atoms with E-state index in [2.05, 4.69) is 5.32 Å². The predicted octanol–water partition coefficient (Wildman–Crippen LogP) is 2.48. The first-order valence-electron chi connectivity index (χ1n) is 6.77. The molecule has 0 heterocycles. The second-order valence-electron chi connectivity index (χ2n) is 5.07. The number of aliphatic carboxylic acids is 1. The number of amides is 1. The Morgan fingerprint density at radius 1 is 1.38 bits per heavy atom. The van der Waals surface area contributed by atoms with Gasteiger partial charge in [0.1, 0.15) is 12.4 Å². The van der Waals surface area contributed by atoms with Crippen molar-refractivity contribution in [3.05, 3.63) is 41.5 Å². The molecule has 1 rings (SSSR count). The van der Waals surface area contributed by atoms with E-state index in [-0.39, 0.29) is 12.5 Å². The molecule has 0 spiro atoms. The number of carboxylic acids is 1. The standard InChI is InChI=1S/C16H21NO4/c1-11(2)7-8-21-14-6-4-5-13(9-14)15(18)17-10-12(3)16(19)20/h4-7,9,12H,8,10H2,1-3H3,(H,17,18)(H,19,20). The molecule has 1 aromatic carbocycles. The van der Waals surface area contributed by atoms with Crippen LogP contribution in [-0.4, -0.2) is 30.1 Å². The number of benzene rings is 1. The summed E-state index contributed by atoms with van der Waals surface area (Å²) >= 11 is 0. The van der Waals surface area contributed by atoms with Crippen molar-refractivity contribution in [1.29, 1.82) is 0 Å². The van der Waals surface area contributed by atoms with Gasteiger partial charge in [-0.2, -0.15) is 0 Å². The summed E-state index contributed by atoms with van der Waals surface area (Å²) in [4.78, 5) is 22.6.